The fourth-order valence-electron chi connectivity index (χ4n) is 1.56. The van der Waals surface area contributed by atoms with Crippen molar-refractivity contribution in [1.29, 1.82) is 0 Å². The van der Waals surface area contributed by atoms with Crippen molar-refractivity contribution in [2.75, 3.05) is 5.32 Å². The van der Waals surface area contributed by atoms with Gasteiger partial charge in [-0.1, -0.05) is 23.7 Å². The molecular weight excluding hydrogens is 314 g/mol. The lowest BCUT2D eigenvalue weighted by atomic mass is 10.2. The number of benzene rings is 2. The maximum atomic E-state index is 12.0. The van der Waals surface area contributed by atoms with Gasteiger partial charge in [0.2, 0.25) is 0 Å². The molecule has 0 aliphatic heterocycles. The number of nitrogens with one attached hydrogen (secondary N) is 1. The number of halogens is 2. The lowest BCUT2D eigenvalue weighted by molar-refractivity contribution is 0.102. The highest BCUT2D eigenvalue weighted by Gasteiger charge is 2.08. The fourth-order valence-corrected chi connectivity index (χ4v) is 2.06. The maximum absolute atomic E-state index is 12.0. The molecule has 92 valence electrons. The number of hydrogen-bond donors (Lipinski definition) is 1. The van der Waals surface area contributed by atoms with Crippen molar-refractivity contribution in [2.24, 2.45) is 0 Å². The first-order valence-corrected chi connectivity index (χ1v) is 6.56. The average Bonchev–Trinajstić information content (AvgIpc) is 2.32. The number of hydrogen-bond acceptors (Lipinski definition) is 1. The Morgan fingerprint density at radius 1 is 1.22 bits per heavy atom. The molecule has 2 aromatic rings. The van der Waals surface area contributed by atoms with E-state index in [-0.39, 0.29) is 5.91 Å². The normalized spacial score (nSPS) is 10.2. The molecule has 1 N–H and O–H groups in total. The van der Waals surface area contributed by atoms with E-state index >= 15 is 0 Å². The molecule has 0 spiro atoms. The molecule has 0 unspecified atom stereocenters. The molecule has 4 heteroatoms. The van der Waals surface area contributed by atoms with Crippen LogP contribution in [-0.4, -0.2) is 5.91 Å². The van der Waals surface area contributed by atoms with Crippen LogP contribution in [0, 0.1) is 6.92 Å². The van der Waals surface area contributed by atoms with Gasteiger partial charge in [-0.25, -0.2) is 0 Å². The Kier molecular flexibility index (Phi) is 4.04. The van der Waals surface area contributed by atoms with E-state index in [2.05, 4.69) is 21.2 Å². The fraction of sp³-hybridized carbons (Fsp3) is 0.0714. The van der Waals surface area contributed by atoms with Crippen molar-refractivity contribution >= 4 is 39.1 Å². The van der Waals surface area contributed by atoms with E-state index < -0.39 is 0 Å². The van der Waals surface area contributed by atoms with Crippen molar-refractivity contribution in [2.45, 2.75) is 6.92 Å². The summed E-state index contributed by atoms with van der Waals surface area (Å²) in [5.41, 5.74) is 2.45. The van der Waals surface area contributed by atoms with Crippen LogP contribution in [0.2, 0.25) is 5.02 Å². The zero-order chi connectivity index (χ0) is 13.1. The molecule has 2 rings (SSSR count). The molecule has 0 aliphatic rings. The van der Waals surface area contributed by atoms with Crippen LogP contribution < -0.4 is 5.32 Å². The molecule has 0 aromatic heterocycles. The molecule has 0 heterocycles. The van der Waals surface area contributed by atoms with Gasteiger partial charge in [-0.2, -0.15) is 0 Å². The topological polar surface area (TPSA) is 29.1 Å². The molecule has 0 bridgehead atoms. The summed E-state index contributed by atoms with van der Waals surface area (Å²) in [4.78, 5) is 12.0. The minimum atomic E-state index is -0.155. The van der Waals surface area contributed by atoms with E-state index in [9.17, 15) is 4.79 Å². The average molecular weight is 325 g/mol. The van der Waals surface area contributed by atoms with Crippen molar-refractivity contribution in [3.63, 3.8) is 0 Å². The summed E-state index contributed by atoms with van der Waals surface area (Å²) in [6.07, 6.45) is 0. The van der Waals surface area contributed by atoms with Crippen LogP contribution in [0.25, 0.3) is 0 Å². The zero-order valence-corrected chi connectivity index (χ0v) is 12.0. The second kappa shape index (κ2) is 5.55. The van der Waals surface area contributed by atoms with Crippen LogP contribution in [-0.2, 0) is 0 Å². The molecular formula is C14H11BrClNO. The molecule has 0 fully saturated rings. The quantitative estimate of drug-likeness (QED) is 0.855. The van der Waals surface area contributed by atoms with E-state index in [0.717, 1.165) is 11.3 Å². The first kappa shape index (κ1) is 13.1. The molecule has 18 heavy (non-hydrogen) atoms. The summed E-state index contributed by atoms with van der Waals surface area (Å²) in [6, 6.07) is 12.7. The highest BCUT2D eigenvalue weighted by Crippen LogP contribution is 2.23. The number of amides is 1. The summed E-state index contributed by atoms with van der Waals surface area (Å²) in [5.74, 6) is -0.155. The van der Waals surface area contributed by atoms with Gasteiger partial charge in [0.15, 0.2) is 0 Å². The zero-order valence-electron chi connectivity index (χ0n) is 9.71. The van der Waals surface area contributed by atoms with Gasteiger partial charge in [0.25, 0.3) is 5.91 Å². The highest BCUT2D eigenvalue weighted by molar-refractivity contribution is 9.10. The van der Waals surface area contributed by atoms with Crippen LogP contribution in [0.15, 0.2) is 46.9 Å². The largest absolute Gasteiger partial charge is 0.322 e. The Hall–Kier alpha value is -1.32. The second-order valence-corrected chi connectivity index (χ2v) is 5.21. The first-order chi connectivity index (χ1) is 8.56. The van der Waals surface area contributed by atoms with Gasteiger partial charge < -0.3 is 5.32 Å². The van der Waals surface area contributed by atoms with Crippen LogP contribution in [0.4, 0.5) is 5.69 Å². The molecule has 0 radical (unpaired) electrons. The van der Waals surface area contributed by atoms with Crippen LogP contribution in [0.5, 0.6) is 0 Å². The summed E-state index contributed by atoms with van der Waals surface area (Å²) in [5, 5.41) is 3.43. The standard InChI is InChI=1S/C14H11BrClNO/c1-9-3-2-4-11(7-9)17-14(18)10-5-6-13(16)12(15)8-10/h2-8H,1H3,(H,17,18). The van der Waals surface area contributed by atoms with E-state index in [0.29, 0.717) is 15.1 Å². The maximum Gasteiger partial charge on any atom is 0.255 e. The lowest BCUT2D eigenvalue weighted by Crippen LogP contribution is -2.11. The number of aryl methyl sites for hydroxylation is 1. The second-order valence-electron chi connectivity index (χ2n) is 3.95. The van der Waals surface area contributed by atoms with Crippen molar-refractivity contribution in [3.8, 4) is 0 Å². The number of carbonyl (C=O) groups is 1. The molecule has 0 saturated carbocycles. The van der Waals surface area contributed by atoms with Crippen molar-refractivity contribution in [1.82, 2.24) is 0 Å². The lowest BCUT2D eigenvalue weighted by Gasteiger charge is -2.06. The minimum Gasteiger partial charge on any atom is -0.322 e. The summed E-state index contributed by atoms with van der Waals surface area (Å²) < 4.78 is 0.709. The van der Waals surface area contributed by atoms with Crippen molar-refractivity contribution in [3.05, 3.63) is 63.1 Å². The van der Waals surface area contributed by atoms with E-state index in [4.69, 9.17) is 11.6 Å². The van der Waals surface area contributed by atoms with Gasteiger partial charge in [0.05, 0.1) is 5.02 Å². The third-order valence-electron chi connectivity index (χ3n) is 2.46. The Morgan fingerprint density at radius 2 is 2.00 bits per heavy atom. The van der Waals surface area contributed by atoms with Crippen LogP contribution in [0.3, 0.4) is 0 Å². The predicted octanol–water partition coefficient (Wildman–Crippen LogP) is 4.66. The summed E-state index contributed by atoms with van der Waals surface area (Å²) >= 11 is 9.19. The van der Waals surface area contributed by atoms with E-state index in [1.165, 1.54) is 0 Å². The van der Waals surface area contributed by atoms with Gasteiger partial charge in [0, 0.05) is 15.7 Å². The molecule has 2 nitrogen and oxygen atoms in total. The monoisotopic (exact) mass is 323 g/mol. The molecule has 0 atom stereocenters. The first-order valence-electron chi connectivity index (χ1n) is 5.39. The Labute approximate surface area is 119 Å². The SMILES string of the molecule is Cc1cccc(NC(=O)c2ccc(Cl)c(Br)c2)c1. The third-order valence-corrected chi connectivity index (χ3v) is 3.67. The number of anilines is 1. The molecule has 0 aliphatic carbocycles. The summed E-state index contributed by atoms with van der Waals surface area (Å²) in [6.45, 7) is 1.98. The van der Waals surface area contributed by atoms with Gasteiger partial charge in [-0.15, -0.1) is 0 Å². The Bertz CT molecular complexity index is 598. The van der Waals surface area contributed by atoms with Crippen molar-refractivity contribution < 1.29 is 4.79 Å². The van der Waals surface area contributed by atoms with Gasteiger partial charge in [-0.3, -0.25) is 4.79 Å². The predicted molar refractivity (Wildman–Crippen MR) is 78.3 cm³/mol. The van der Waals surface area contributed by atoms with E-state index in [1.807, 2.05) is 31.2 Å². The molecule has 2 aromatic carbocycles. The third kappa shape index (κ3) is 3.12. The molecule has 1 amide bonds. The molecule has 0 saturated heterocycles. The Balaban J connectivity index is 2.19. The minimum absolute atomic E-state index is 0.155. The number of carbonyl (C=O) groups excluding carboxylic acids is 1. The van der Waals surface area contributed by atoms with Crippen LogP contribution in [0.1, 0.15) is 15.9 Å². The van der Waals surface area contributed by atoms with Gasteiger partial charge in [0.1, 0.15) is 0 Å². The number of rotatable bonds is 2. The van der Waals surface area contributed by atoms with Crippen LogP contribution >= 0.6 is 27.5 Å². The summed E-state index contributed by atoms with van der Waals surface area (Å²) in [7, 11) is 0. The Morgan fingerprint density at radius 3 is 2.67 bits per heavy atom. The van der Waals surface area contributed by atoms with Gasteiger partial charge >= 0.3 is 0 Å². The highest BCUT2D eigenvalue weighted by atomic mass is 79.9. The van der Waals surface area contributed by atoms with E-state index in [1.54, 1.807) is 18.2 Å². The van der Waals surface area contributed by atoms with Gasteiger partial charge in [-0.05, 0) is 58.7 Å². The smallest absolute Gasteiger partial charge is 0.255 e.